The van der Waals surface area contributed by atoms with Crippen LogP contribution < -0.4 is 5.32 Å². The number of thioether (sulfide) groups is 1. The van der Waals surface area contributed by atoms with Crippen molar-refractivity contribution in [2.24, 2.45) is 4.99 Å². The van der Waals surface area contributed by atoms with E-state index < -0.39 is 11.7 Å². The van der Waals surface area contributed by atoms with Crippen LogP contribution in [0.2, 0.25) is 0 Å². The second kappa shape index (κ2) is 4.98. The van der Waals surface area contributed by atoms with E-state index in [1.807, 2.05) is 0 Å². The summed E-state index contributed by atoms with van der Waals surface area (Å²) in [6, 6.07) is 5.25. The minimum absolute atomic E-state index is 0.0363. The fourth-order valence-electron chi connectivity index (χ4n) is 2.73. The number of halogens is 3. The van der Waals surface area contributed by atoms with Gasteiger partial charge in [-0.1, -0.05) is 30.7 Å². The van der Waals surface area contributed by atoms with E-state index >= 15 is 0 Å². The van der Waals surface area contributed by atoms with Crippen molar-refractivity contribution in [3.05, 3.63) is 29.8 Å². The maximum atomic E-state index is 12.7. The first kappa shape index (κ1) is 13.8. The third kappa shape index (κ3) is 2.80. The minimum Gasteiger partial charge on any atom is -0.335 e. The monoisotopic (exact) mass is 300 g/mol. The Balaban J connectivity index is 1.76. The Bertz CT molecular complexity index is 533. The molecule has 1 heterocycles. The number of benzene rings is 1. The van der Waals surface area contributed by atoms with Crippen LogP contribution in [0, 0.1) is 0 Å². The Labute approximate surface area is 119 Å². The minimum atomic E-state index is -4.31. The Morgan fingerprint density at radius 3 is 2.65 bits per heavy atom. The highest BCUT2D eigenvalue weighted by molar-refractivity contribution is 8.14. The van der Waals surface area contributed by atoms with Crippen LogP contribution in [-0.2, 0) is 6.18 Å². The van der Waals surface area contributed by atoms with Gasteiger partial charge in [-0.3, -0.25) is 4.99 Å². The van der Waals surface area contributed by atoms with Crippen molar-refractivity contribution in [3.63, 3.8) is 0 Å². The molecule has 1 spiro atoms. The molecule has 2 nitrogen and oxygen atoms in total. The number of hydrogen-bond acceptors (Lipinski definition) is 3. The fourth-order valence-corrected chi connectivity index (χ4v) is 3.94. The van der Waals surface area contributed by atoms with Gasteiger partial charge in [-0.25, -0.2) is 0 Å². The lowest BCUT2D eigenvalue weighted by Gasteiger charge is -2.16. The van der Waals surface area contributed by atoms with Gasteiger partial charge in [-0.15, -0.1) is 0 Å². The van der Waals surface area contributed by atoms with E-state index in [0.717, 1.165) is 35.9 Å². The van der Waals surface area contributed by atoms with Crippen molar-refractivity contribution >= 4 is 22.6 Å². The summed E-state index contributed by atoms with van der Waals surface area (Å²) in [6.45, 7) is 0. The van der Waals surface area contributed by atoms with E-state index in [9.17, 15) is 13.2 Å². The van der Waals surface area contributed by atoms with Gasteiger partial charge in [0.2, 0.25) is 0 Å². The van der Waals surface area contributed by atoms with Gasteiger partial charge in [0.25, 0.3) is 0 Å². The molecule has 2 aliphatic rings. The standard InChI is InChI=1S/C14H15F3N2S/c15-14(16,17)10-4-3-5-11(8-10)18-12-19-13(9-20-12)6-1-2-7-13/h3-5,8H,1-2,6-7,9H2,(H,18,19). The Kier molecular flexibility index (Phi) is 3.44. The largest absolute Gasteiger partial charge is 0.416 e. The Hall–Kier alpha value is -1.17. The highest BCUT2D eigenvalue weighted by Crippen LogP contribution is 2.41. The van der Waals surface area contributed by atoms with Gasteiger partial charge in [0.1, 0.15) is 0 Å². The van der Waals surface area contributed by atoms with Crippen molar-refractivity contribution in [2.45, 2.75) is 37.4 Å². The fraction of sp³-hybridized carbons (Fsp3) is 0.500. The SMILES string of the molecule is FC(F)(F)c1cccc(NC2=NC3(CCCC3)CS2)c1. The van der Waals surface area contributed by atoms with Crippen molar-refractivity contribution in [3.8, 4) is 0 Å². The van der Waals surface area contributed by atoms with Gasteiger partial charge in [0, 0.05) is 11.4 Å². The molecule has 1 aliphatic heterocycles. The van der Waals surface area contributed by atoms with Crippen LogP contribution in [-0.4, -0.2) is 16.5 Å². The van der Waals surface area contributed by atoms with Crippen LogP contribution in [0.5, 0.6) is 0 Å². The topological polar surface area (TPSA) is 24.4 Å². The molecule has 0 aromatic heterocycles. The maximum absolute atomic E-state index is 12.7. The van der Waals surface area contributed by atoms with Crippen LogP contribution >= 0.6 is 11.8 Å². The van der Waals surface area contributed by atoms with Crippen molar-refractivity contribution < 1.29 is 13.2 Å². The summed E-state index contributed by atoms with van der Waals surface area (Å²) in [7, 11) is 0. The average Bonchev–Trinajstić information content (AvgIpc) is 3.00. The highest BCUT2D eigenvalue weighted by atomic mass is 32.2. The zero-order valence-electron chi connectivity index (χ0n) is 10.8. The molecule has 0 amide bonds. The quantitative estimate of drug-likeness (QED) is 0.824. The van der Waals surface area contributed by atoms with Crippen LogP contribution in [0.3, 0.4) is 0 Å². The third-order valence-electron chi connectivity index (χ3n) is 3.79. The van der Waals surface area contributed by atoms with Gasteiger partial charge in [0.15, 0.2) is 5.17 Å². The zero-order chi connectivity index (χ0) is 14.2. The summed E-state index contributed by atoms with van der Waals surface area (Å²) in [4.78, 5) is 4.69. The molecular formula is C14H15F3N2S. The van der Waals surface area contributed by atoms with Crippen LogP contribution in [0.25, 0.3) is 0 Å². The molecule has 0 atom stereocenters. The molecule has 1 N–H and O–H groups in total. The van der Waals surface area contributed by atoms with E-state index in [0.29, 0.717) is 5.69 Å². The molecule has 1 saturated carbocycles. The second-order valence-corrected chi connectivity index (χ2v) is 6.30. The number of rotatable bonds is 1. The molecular weight excluding hydrogens is 285 g/mol. The molecule has 0 saturated heterocycles. The number of aliphatic imine (C=N–C) groups is 1. The number of hydrogen-bond donors (Lipinski definition) is 1. The smallest absolute Gasteiger partial charge is 0.335 e. The molecule has 1 aliphatic carbocycles. The van der Waals surface area contributed by atoms with Gasteiger partial charge in [-0.2, -0.15) is 13.2 Å². The molecule has 0 unspecified atom stereocenters. The summed E-state index contributed by atoms with van der Waals surface area (Å²) in [5.74, 6) is 0.939. The first-order valence-corrected chi connectivity index (χ1v) is 7.62. The van der Waals surface area contributed by atoms with Gasteiger partial charge >= 0.3 is 6.18 Å². The zero-order valence-corrected chi connectivity index (χ0v) is 11.7. The first-order valence-electron chi connectivity index (χ1n) is 6.64. The number of nitrogens with one attached hydrogen (secondary N) is 1. The molecule has 3 rings (SSSR count). The Morgan fingerprint density at radius 1 is 1.20 bits per heavy atom. The van der Waals surface area contributed by atoms with Crippen molar-refractivity contribution in [1.29, 1.82) is 0 Å². The van der Waals surface area contributed by atoms with Crippen molar-refractivity contribution in [1.82, 2.24) is 0 Å². The summed E-state index contributed by atoms with van der Waals surface area (Å²) < 4.78 is 38.0. The number of anilines is 1. The van der Waals surface area contributed by atoms with Gasteiger partial charge in [-0.05, 0) is 31.0 Å². The normalized spacial score (nSPS) is 21.2. The van der Waals surface area contributed by atoms with E-state index in [2.05, 4.69) is 5.32 Å². The summed E-state index contributed by atoms with van der Waals surface area (Å²) in [6.07, 6.45) is 0.262. The molecule has 1 aromatic carbocycles. The Morgan fingerprint density at radius 2 is 1.95 bits per heavy atom. The molecule has 6 heteroatoms. The maximum Gasteiger partial charge on any atom is 0.416 e. The summed E-state index contributed by atoms with van der Waals surface area (Å²) in [5, 5.41) is 3.76. The van der Waals surface area contributed by atoms with Crippen LogP contribution in [0.1, 0.15) is 31.2 Å². The number of amidine groups is 1. The molecule has 0 bridgehead atoms. The predicted molar refractivity (Wildman–Crippen MR) is 76.2 cm³/mol. The first-order chi connectivity index (χ1) is 9.47. The van der Waals surface area contributed by atoms with E-state index in [1.165, 1.54) is 18.9 Å². The predicted octanol–water partition coefficient (Wildman–Crippen LogP) is 4.53. The summed E-state index contributed by atoms with van der Waals surface area (Å²) >= 11 is 1.60. The number of nitrogens with zero attached hydrogens (tertiary/aromatic N) is 1. The summed E-state index contributed by atoms with van der Waals surface area (Å²) in [5.41, 5.74) is -0.156. The van der Waals surface area contributed by atoms with Gasteiger partial charge < -0.3 is 5.32 Å². The van der Waals surface area contributed by atoms with E-state index in [4.69, 9.17) is 4.99 Å². The molecule has 0 radical (unpaired) electrons. The molecule has 1 aromatic rings. The van der Waals surface area contributed by atoms with Crippen LogP contribution in [0.15, 0.2) is 29.3 Å². The number of alkyl halides is 3. The molecule has 20 heavy (non-hydrogen) atoms. The average molecular weight is 300 g/mol. The van der Waals surface area contributed by atoms with E-state index in [-0.39, 0.29) is 5.54 Å². The van der Waals surface area contributed by atoms with Crippen LogP contribution in [0.4, 0.5) is 18.9 Å². The highest BCUT2D eigenvalue weighted by Gasteiger charge is 2.38. The van der Waals surface area contributed by atoms with E-state index in [1.54, 1.807) is 17.8 Å². The van der Waals surface area contributed by atoms with Crippen molar-refractivity contribution in [2.75, 3.05) is 11.1 Å². The lowest BCUT2D eigenvalue weighted by molar-refractivity contribution is -0.137. The second-order valence-electron chi connectivity index (χ2n) is 5.34. The lowest BCUT2D eigenvalue weighted by Crippen LogP contribution is -2.21. The van der Waals surface area contributed by atoms with Gasteiger partial charge in [0.05, 0.1) is 11.1 Å². The lowest BCUT2D eigenvalue weighted by atomic mass is 10.0. The molecule has 1 fully saturated rings. The molecule has 108 valence electrons. The third-order valence-corrected chi connectivity index (χ3v) is 4.94.